The summed E-state index contributed by atoms with van der Waals surface area (Å²) in [6.07, 6.45) is 4.99. The number of carbonyl (C=O) groups excluding carboxylic acids is 1. The number of likely N-dealkylation sites (tertiary alicyclic amines) is 1. The predicted octanol–water partition coefficient (Wildman–Crippen LogP) is 4.10. The number of hydrogen-bond donors (Lipinski definition) is 2. The highest BCUT2D eigenvalue weighted by Crippen LogP contribution is 2.22. The van der Waals surface area contributed by atoms with Crippen LogP contribution in [-0.2, 0) is 0 Å². The Kier molecular flexibility index (Phi) is 7.42. The number of fused-ring (bicyclic) bond motifs is 1. The zero-order valence-corrected chi connectivity index (χ0v) is 20.6. The van der Waals surface area contributed by atoms with E-state index < -0.39 is 0 Å². The number of nitrogens with zero attached hydrogens (tertiary/aromatic N) is 4. The molecule has 0 bridgehead atoms. The van der Waals surface area contributed by atoms with Crippen LogP contribution in [0.25, 0.3) is 16.9 Å². The van der Waals surface area contributed by atoms with Crippen molar-refractivity contribution < 1.29 is 9.53 Å². The van der Waals surface area contributed by atoms with Gasteiger partial charge in [0, 0.05) is 30.3 Å². The fourth-order valence-electron chi connectivity index (χ4n) is 4.50. The molecule has 5 rings (SSSR count). The standard InChI is InChI=1S/C28H32N6O2/c1-33-17-5-7-23(33)19-31-28(35)22-12-10-21(11-13-22)25-20-30-27-15-14-26(32-34(25)27)29-16-6-18-36-24-8-3-2-4-9-24/h2-4,8-15,20,23H,5-7,16-19H2,1H3,(H,29,32)(H,31,35). The molecule has 0 saturated carbocycles. The second kappa shape index (κ2) is 11.2. The summed E-state index contributed by atoms with van der Waals surface area (Å²) in [5.41, 5.74) is 3.25. The monoisotopic (exact) mass is 484 g/mol. The van der Waals surface area contributed by atoms with Gasteiger partial charge in [-0.15, -0.1) is 5.10 Å². The van der Waals surface area contributed by atoms with Crippen LogP contribution in [0.1, 0.15) is 29.6 Å². The molecule has 2 aromatic heterocycles. The zero-order valence-electron chi connectivity index (χ0n) is 20.6. The third kappa shape index (κ3) is 5.66. The minimum Gasteiger partial charge on any atom is -0.494 e. The molecule has 36 heavy (non-hydrogen) atoms. The number of para-hydroxylation sites is 1. The summed E-state index contributed by atoms with van der Waals surface area (Å²) in [5.74, 6) is 1.61. The number of carbonyl (C=O) groups is 1. The molecule has 1 saturated heterocycles. The van der Waals surface area contributed by atoms with Crippen molar-refractivity contribution in [3.8, 4) is 17.0 Å². The summed E-state index contributed by atoms with van der Waals surface area (Å²) < 4.78 is 7.57. The first kappa shape index (κ1) is 23.8. The maximum atomic E-state index is 12.6. The molecule has 8 heteroatoms. The molecule has 1 atom stereocenters. The fraction of sp³-hybridized carbons (Fsp3) is 0.321. The molecular formula is C28H32N6O2. The average molecular weight is 485 g/mol. The number of anilines is 1. The number of ether oxygens (including phenoxy) is 1. The maximum absolute atomic E-state index is 12.6. The van der Waals surface area contributed by atoms with Gasteiger partial charge < -0.3 is 20.3 Å². The molecule has 186 valence electrons. The number of likely N-dealkylation sites (N-methyl/N-ethyl adjacent to an activating group) is 1. The number of nitrogens with one attached hydrogen (secondary N) is 2. The largest absolute Gasteiger partial charge is 0.494 e. The van der Waals surface area contributed by atoms with E-state index in [2.05, 4.69) is 27.6 Å². The quantitative estimate of drug-likeness (QED) is 0.330. The van der Waals surface area contributed by atoms with Crippen LogP contribution in [0.15, 0.2) is 72.9 Å². The first-order chi connectivity index (χ1) is 17.7. The average Bonchev–Trinajstić information content (AvgIpc) is 3.53. The Morgan fingerprint density at radius 1 is 1.08 bits per heavy atom. The van der Waals surface area contributed by atoms with E-state index in [0.29, 0.717) is 24.8 Å². The van der Waals surface area contributed by atoms with E-state index in [1.807, 2.05) is 77.4 Å². The summed E-state index contributed by atoms with van der Waals surface area (Å²) in [5, 5.41) is 11.2. The first-order valence-corrected chi connectivity index (χ1v) is 12.5. The molecule has 1 fully saturated rings. The van der Waals surface area contributed by atoms with E-state index in [4.69, 9.17) is 9.84 Å². The van der Waals surface area contributed by atoms with Gasteiger partial charge in [-0.1, -0.05) is 30.3 Å². The molecular weight excluding hydrogens is 452 g/mol. The van der Waals surface area contributed by atoms with Crippen molar-refractivity contribution in [1.82, 2.24) is 24.8 Å². The minimum atomic E-state index is -0.0409. The van der Waals surface area contributed by atoms with Crippen molar-refractivity contribution in [3.05, 3.63) is 78.5 Å². The Labute approximate surface area is 211 Å². The second-order valence-corrected chi connectivity index (χ2v) is 9.14. The smallest absolute Gasteiger partial charge is 0.251 e. The van der Waals surface area contributed by atoms with Crippen LogP contribution in [0, 0.1) is 0 Å². The van der Waals surface area contributed by atoms with Crippen molar-refractivity contribution in [2.75, 3.05) is 38.6 Å². The lowest BCUT2D eigenvalue weighted by Crippen LogP contribution is -2.38. The SMILES string of the molecule is CN1CCCC1CNC(=O)c1ccc(-c2cnc3ccc(NCCCOc4ccccc4)nn23)cc1. The first-order valence-electron chi connectivity index (χ1n) is 12.5. The molecule has 8 nitrogen and oxygen atoms in total. The molecule has 4 aromatic rings. The lowest BCUT2D eigenvalue weighted by atomic mass is 10.1. The topological polar surface area (TPSA) is 83.8 Å². The number of amides is 1. The molecule has 0 radical (unpaired) electrons. The number of hydrogen-bond acceptors (Lipinski definition) is 6. The van der Waals surface area contributed by atoms with E-state index in [0.717, 1.165) is 54.4 Å². The van der Waals surface area contributed by atoms with Crippen molar-refractivity contribution >= 4 is 17.4 Å². The van der Waals surface area contributed by atoms with E-state index in [9.17, 15) is 4.79 Å². The minimum absolute atomic E-state index is 0.0409. The normalized spacial score (nSPS) is 15.8. The van der Waals surface area contributed by atoms with E-state index in [-0.39, 0.29) is 5.91 Å². The molecule has 2 aromatic carbocycles. The van der Waals surface area contributed by atoms with Gasteiger partial charge in [-0.3, -0.25) is 4.79 Å². The van der Waals surface area contributed by atoms with Gasteiger partial charge in [0.2, 0.25) is 0 Å². The van der Waals surface area contributed by atoms with E-state index >= 15 is 0 Å². The van der Waals surface area contributed by atoms with Crippen LogP contribution < -0.4 is 15.4 Å². The van der Waals surface area contributed by atoms with Crippen LogP contribution in [0.3, 0.4) is 0 Å². The predicted molar refractivity (Wildman–Crippen MR) is 141 cm³/mol. The fourth-order valence-corrected chi connectivity index (χ4v) is 4.50. The molecule has 1 unspecified atom stereocenters. The lowest BCUT2D eigenvalue weighted by molar-refractivity contribution is 0.0943. The van der Waals surface area contributed by atoms with E-state index in [1.165, 1.54) is 6.42 Å². The van der Waals surface area contributed by atoms with Crippen molar-refractivity contribution in [3.63, 3.8) is 0 Å². The van der Waals surface area contributed by atoms with Gasteiger partial charge >= 0.3 is 0 Å². The number of benzene rings is 2. The van der Waals surface area contributed by atoms with Crippen LogP contribution in [0.4, 0.5) is 5.82 Å². The van der Waals surface area contributed by atoms with Crippen molar-refractivity contribution in [1.29, 1.82) is 0 Å². The molecule has 1 amide bonds. The van der Waals surface area contributed by atoms with Crippen LogP contribution in [0.5, 0.6) is 5.75 Å². The van der Waals surface area contributed by atoms with Gasteiger partial charge in [0.15, 0.2) is 5.65 Å². The molecule has 1 aliphatic rings. The Bertz CT molecular complexity index is 1290. The van der Waals surface area contributed by atoms with Crippen molar-refractivity contribution in [2.24, 2.45) is 0 Å². The summed E-state index contributed by atoms with van der Waals surface area (Å²) in [6.45, 7) is 3.16. The van der Waals surface area contributed by atoms with Gasteiger partial charge in [-0.2, -0.15) is 0 Å². The highest BCUT2D eigenvalue weighted by atomic mass is 16.5. The molecule has 0 spiro atoms. The zero-order chi connectivity index (χ0) is 24.7. The van der Waals surface area contributed by atoms with Gasteiger partial charge in [0.1, 0.15) is 11.6 Å². The van der Waals surface area contributed by atoms with Crippen LogP contribution >= 0.6 is 0 Å². The summed E-state index contributed by atoms with van der Waals surface area (Å²) >= 11 is 0. The van der Waals surface area contributed by atoms with Crippen LogP contribution in [0.2, 0.25) is 0 Å². The number of rotatable bonds is 10. The van der Waals surface area contributed by atoms with Gasteiger partial charge in [-0.25, -0.2) is 9.50 Å². The van der Waals surface area contributed by atoms with Crippen LogP contribution in [-0.4, -0.2) is 64.7 Å². The Balaban J connectivity index is 1.18. The Hall–Kier alpha value is -3.91. The summed E-state index contributed by atoms with van der Waals surface area (Å²) in [4.78, 5) is 19.4. The summed E-state index contributed by atoms with van der Waals surface area (Å²) in [6, 6.07) is 21.7. The summed E-state index contributed by atoms with van der Waals surface area (Å²) in [7, 11) is 2.12. The number of aromatic nitrogens is 3. The van der Waals surface area contributed by atoms with Crippen molar-refractivity contribution in [2.45, 2.75) is 25.3 Å². The molecule has 3 heterocycles. The lowest BCUT2D eigenvalue weighted by Gasteiger charge is -2.19. The second-order valence-electron chi connectivity index (χ2n) is 9.14. The molecule has 0 aliphatic carbocycles. The van der Waals surface area contributed by atoms with Gasteiger partial charge in [-0.05, 0) is 69.3 Å². The van der Waals surface area contributed by atoms with Gasteiger partial charge in [0.25, 0.3) is 5.91 Å². The number of imidazole rings is 1. The maximum Gasteiger partial charge on any atom is 0.251 e. The highest BCUT2D eigenvalue weighted by molar-refractivity contribution is 5.94. The molecule has 1 aliphatic heterocycles. The third-order valence-electron chi connectivity index (χ3n) is 6.61. The molecule has 2 N–H and O–H groups in total. The Morgan fingerprint density at radius 2 is 1.92 bits per heavy atom. The third-order valence-corrected chi connectivity index (χ3v) is 6.61. The Morgan fingerprint density at radius 3 is 2.69 bits per heavy atom. The van der Waals surface area contributed by atoms with E-state index in [1.54, 1.807) is 0 Å². The highest BCUT2D eigenvalue weighted by Gasteiger charge is 2.21. The van der Waals surface area contributed by atoms with Gasteiger partial charge in [0.05, 0.1) is 18.5 Å².